The molecule has 0 spiro atoms. The molecule has 0 saturated carbocycles. The van der Waals surface area contributed by atoms with Crippen molar-refractivity contribution < 1.29 is 9.47 Å². The second-order valence-electron chi connectivity index (χ2n) is 6.65. The van der Waals surface area contributed by atoms with Crippen LogP contribution in [0.1, 0.15) is 20.3 Å². The van der Waals surface area contributed by atoms with Gasteiger partial charge in [-0.25, -0.2) is 0 Å². The molecule has 2 aliphatic heterocycles. The average Bonchev–Trinajstić information content (AvgIpc) is 2.76. The Hall–Kier alpha value is -0.320. The largest absolute Gasteiger partial charge is 0.383 e. The van der Waals surface area contributed by atoms with Crippen molar-refractivity contribution in [3.8, 4) is 0 Å². The first kappa shape index (κ1) is 29.9. The lowest BCUT2D eigenvalue weighted by atomic mass is 10.4. The number of nitrogens with one attached hydrogen (secondary N) is 3. The van der Waals surface area contributed by atoms with E-state index in [4.69, 9.17) is 10.5 Å². The highest BCUT2D eigenvalue weighted by molar-refractivity contribution is 4.66. The molecule has 2 aliphatic rings. The van der Waals surface area contributed by atoms with Crippen LogP contribution in [0.2, 0.25) is 0 Å². The maximum atomic E-state index is 5.01. The van der Waals surface area contributed by atoms with Gasteiger partial charge < -0.3 is 36.1 Å². The lowest BCUT2D eigenvalue weighted by molar-refractivity contribution is 0.139. The van der Waals surface area contributed by atoms with Crippen LogP contribution >= 0.6 is 0 Å². The van der Waals surface area contributed by atoms with Crippen molar-refractivity contribution >= 4 is 0 Å². The van der Waals surface area contributed by atoms with Gasteiger partial charge in [-0.3, -0.25) is 4.90 Å². The molecule has 2 saturated heterocycles. The molecule has 5 N–H and O–H groups in total. The maximum absolute atomic E-state index is 5.01. The number of nitrogens with zero attached hydrogens (tertiary/aromatic N) is 2. The smallest absolute Gasteiger partial charge is 0.0589 e. The molecule has 0 aromatic carbocycles. The number of rotatable bonds is 8. The Morgan fingerprint density at radius 2 is 1.36 bits per heavy atom. The molecule has 0 radical (unpaired) electrons. The predicted molar refractivity (Wildman–Crippen MR) is 121 cm³/mol. The summed E-state index contributed by atoms with van der Waals surface area (Å²) in [5.74, 6) is 0. The van der Waals surface area contributed by atoms with E-state index in [1.165, 1.54) is 52.2 Å². The molecule has 0 aromatic rings. The van der Waals surface area contributed by atoms with Gasteiger partial charge in [-0.1, -0.05) is 13.8 Å². The summed E-state index contributed by atoms with van der Waals surface area (Å²) in [6.07, 6.45) is 1.23. The van der Waals surface area contributed by atoms with E-state index in [0.29, 0.717) is 13.2 Å². The zero-order valence-corrected chi connectivity index (χ0v) is 19.4. The van der Waals surface area contributed by atoms with Crippen LogP contribution in [0.5, 0.6) is 0 Å². The third kappa shape index (κ3) is 23.7. The first-order chi connectivity index (χ1) is 13.7. The molecule has 0 aliphatic carbocycles. The number of hydrogen-bond acceptors (Lipinski definition) is 8. The Morgan fingerprint density at radius 3 is 1.61 bits per heavy atom. The van der Waals surface area contributed by atoms with Gasteiger partial charge in [0.05, 0.1) is 13.2 Å². The predicted octanol–water partition coefficient (Wildman–Crippen LogP) is -0.343. The molecule has 8 nitrogen and oxygen atoms in total. The molecule has 28 heavy (non-hydrogen) atoms. The van der Waals surface area contributed by atoms with Gasteiger partial charge in [0.15, 0.2) is 0 Å². The van der Waals surface area contributed by atoms with Crippen molar-refractivity contribution in [2.75, 3.05) is 113 Å². The van der Waals surface area contributed by atoms with Crippen LogP contribution in [-0.2, 0) is 9.47 Å². The van der Waals surface area contributed by atoms with Gasteiger partial charge in [-0.15, -0.1) is 0 Å². The van der Waals surface area contributed by atoms with Gasteiger partial charge >= 0.3 is 0 Å². The van der Waals surface area contributed by atoms with Gasteiger partial charge in [0.1, 0.15) is 0 Å². The van der Waals surface area contributed by atoms with E-state index in [-0.39, 0.29) is 0 Å². The zero-order valence-electron chi connectivity index (χ0n) is 19.4. The minimum atomic E-state index is 0.622. The summed E-state index contributed by atoms with van der Waals surface area (Å²) in [6.45, 7) is 19.4. The standard InChI is InChI=1S/C7H16N2O.C6H14N2.C4H11N.C3H9NO/c1-10-7-6-9-4-2-8-3-5-9;1-2-8-5-3-7-4-6-8;1-3-4-5-2;1-5-3-2-4/h8H,2-7H2,1H3;7H,2-6H2,1H3;5H,3-4H2,1-2H3;2-4H2,1H3. The van der Waals surface area contributed by atoms with E-state index in [1.54, 1.807) is 14.2 Å². The summed E-state index contributed by atoms with van der Waals surface area (Å²) < 4.78 is 9.55. The molecule has 2 heterocycles. The number of nitrogens with two attached hydrogens (primary N) is 1. The Morgan fingerprint density at radius 1 is 0.857 bits per heavy atom. The number of hydrogen-bond donors (Lipinski definition) is 4. The molecule has 2 fully saturated rings. The molecular formula is C20H50N6O2. The molecular weight excluding hydrogens is 356 g/mol. The van der Waals surface area contributed by atoms with Gasteiger partial charge in [-0.05, 0) is 26.6 Å². The zero-order chi connectivity index (χ0) is 21.3. The van der Waals surface area contributed by atoms with Crippen LogP contribution in [0.25, 0.3) is 0 Å². The first-order valence-electron chi connectivity index (χ1n) is 10.9. The maximum Gasteiger partial charge on any atom is 0.0589 e. The Balaban J connectivity index is 0. The third-order valence-corrected chi connectivity index (χ3v) is 4.30. The van der Waals surface area contributed by atoms with Crippen molar-refractivity contribution in [3.05, 3.63) is 0 Å². The van der Waals surface area contributed by atoms with Crippen LogP contribution in [0.3, 0.4) is 0 Å². The highest BCUT2D eigenvalue weighted by Crippen LogP contribution is 1.90. The molecule has 2 rings (SSSR count). The van der Waals surface area contributed by atoms with Crippen molar-refractivity contribution in [1.82, 2.24) is 25.8 Å². The Labute approximate surface area is 174 Å². The summed E-state index contributed by atoms with van der Waals surface area (Å²) in [7, 11) is 5.35. The van der Waals surface area contributed by atoms with Crippen LogP contribution in [0, 0.1) is 0 Å². The lowest BCUT2D eigenvalue weighted by Gasteiger charge is -2.26. The molecule has 172 valence electrons. The molecule has 0 unspecified atom stereocenters. The molecule has 0 bridgehead atoms. The van der Waals surface area contributed by atoms with E-state index in [1.807, 2.05) is 7.05 Å². The second kappa shape index (κ2) is 26.7. The van der Waals surface area contributed by atoms with E-state index in [2.05, 4.69) is 44.3 Å². The monoisotopic (exact) mass is 406 g/mol. The van der Waals surface area contributed by atoms with Gasteiger partial charge in [0, 0.05) is 79.7 Å². The fourth-order valence-corrected chi connectivity index (χ4v) is 2.55. The van der Waals surface area contributed by atoms with Crippen LogP contribution in [0.4, 0.5) is 0 Å². The molecule has 0 atom stereocenters. The van der Waals surface area contributed by atoms with Crippen molar-refractivity contribution in [3.63, 3.8) is 0 Å². The number of methoxy groups -OCH3 is 2. The van der Waals surface area contributed by atoms with E-state index in [9.17, 15) is 0 Å². The topological polar surface area (TPSA) is 87.0 Å². The van der Waals surface area contributed by atoms with Crippen molar-refractivity contribution in [1.29, 1.82) is 0 Å². The van der Waals surface area contributed by atoms with Gasteiger partial charge in [0.2, 0.25) is 0 Å². The van der Waals surface area contributed by atoms with Crippen molar-refractivity contribution in [2.45, 2.75) is 20.3 Å². The van der Waals surface area contributed by atoms with Gasteiger partial charge in [-0.2, -0.15) is 0 Å². The summed E-state index contributed by atoms with van der Waals surface area (Å²) in [5, 5.41) is 9.63. The normalized spacial score (nSPS) is 17.4. The Kier molecular flexibility index (Phi) is 28.5. The van der Waals surface area contributed by atoms with Crippen LogP contribution in [-0.4, -0.2) is 123 Å². The number of piperazine rings is 2. The number of ether oxygens (including phenoxy) is 2. The van der Waals surface area contributed by atoms with E-state index >= 15 is 0 Å². The van der Waals surface area contributed by atoms with Gasteiger partial charge in [0.25, 0.3) is 0 Å². The quantitative estimate of drug-likeness (QED) is 0.435. The average molecular weight is 407 g/mol. The highest BCUT2D eigenvalue weighted by Gasteiger charge is 2.07. The summed E-state index contributed by atoms with van der Waals surface area (Å²) >= 11 is 0. The fraction of sp³-hybridized carbons (Fsp3) is 1.00. The minimum Gasteiger partial charge on any atom is -0.383 e. The van der Waals surface area contributed by atoms with Crippen molar-refractivity contribution in [2.24, 2.45) is 5.73 Å². The third-order valence-electron chi connectivity index (χ3n) is 4.30. The first-order valence-corrected chi connectivity index (χ1v) is 10.9. The molecule has 8 heteroatoms. The van der Waals surface area contributed by atoms with E-state index < -0.39 is 0 Å². The van der Waals surface area contributed by atoms with E-state index in [0.717, 1.165) is 32.8 Å². The SMILES string of the molecule is CCCNC.CCN1CCNCC1.COCCN.COCCN1CCNCC1. The summed E-state index contributed by atoms with van der Waals surface area (Å²) in [5.41, 5.74) is 5.01. The Bertz CT molecular complexity index is 253. The summed E-state index contributed by atoms with van der Waals surface area (Å²) in [4.78, 5) is 4.87. The summed E-state index contributed by atoms with van der Waals surface area (Å²) in [6, 6.07) is 0. The number of likely N-dealkylation sites (N-methyl/N-ethyl adjacent to an activating group) is 1. The second-order valence-corrected chi connectivity index (χ2v) is 6.65. The van der Waals surface area contributed by atoms with Crippen LogP contribution in [0.15, 0.2) is 0 Å². The van der Waals surface area contributed by atoms with Crippen LogP contribution < -0.4 is 21.7 Å². The highest BCUT2D eigenvalue weighted by atomic mass is 16.5. The minimum absolute atomic E-state index is 0.622. The molecule has 0 aromatic heterocycles. The molecule has 0 amide bonds. The fourth-order valence-electron chi connectivity index (χ4n) is 2.55. The lowest BCUT2D eigenvalue weighted by Crippen LogP contribution is -2.44.